The van der Waals surface area contributed by atoms with Crippen LogP contribution in [0, 0.1) is 24.6 Å². The van der Waals surface area contributed by atoms with E-state index in [0.29, 0.717) is 18.4 Å². The summed E-state index contributed by atoms with van der Waals surface area (Å²) >= 11 is 3.52. The summed E-state index contributed by atoms with van der Waals surface area (Å²) in [6.07, 6.45) is 3.58. The van der Waals surface area contributed by atoms with Crippen molar-refractivity contribution >= 4 is 21.8 Å². The fourth-order valence-corrected chi connectivity index (χ4v) is 3.56. The molecule has 1 N–H and O–H groups in total. The Labute approximate surface area is 121 Å². The molecule has 104 valence electrons. The first-order chi connectivity index (χ1) is 9.11. The first-order valence-corrected chi connectivity index (χ1v) is 7.84. The first-order valence-electron chi connectivity index (χ1n) is 6.72. The quantitative estimate of drug-likeness (QED) is 0.840. The Bertz CT molecular complexity index is 463. The molecule has 0 bridgehead atoms. The smallest absolute Gasteiger partial charge is 0.254 e. The van der Waals surface area contributed by atoms with E-state index in [9.17, 15) is 9.18 Å². The van der Waals surface area contributed by atoms with Crippen LogP contribution in [0.1, 0.15) is 35.2 Å². The predicted molar refractivity (Wildman–Crippen MR) is 78.1 cm³/mol. The molecular weight excluding hydrogens is 309 g/mol. The van der Waals surface area contributed by atoms with Crippen LogP contribution in [0.4, 0.5) is 4.39 Å². The van der Waals surface area contributed by atoms with Gasteiger partial charge in [-0.1, -0.05) is 28.4 Å². The topological polar surface area (TPSA) is 29.1 Å². The van der Waals surface area contributed by atoms with E-state index in [1.165, 1.54) is 18.9 Å². The zero-order chi connectivity index (χ0) is 13.8. The van der Waals surface area contributed by atoms with Crippen LogP contribution in [0.2, 0.25) is 0 Å². The average molecular weight is 328 g/mol. The molecule has 1 aliphatic carbocycles. The van der Waals surface area contributed by atoms with Crippen LogP contribution in [0.5, 0.6) is 0 Å². The third-order valence-corrected chi connectivity index (χ3v) is 4.74. The molecule has 2 rings (SSSR count). The van der Waals surface area contributed by atoms with Gasteiger partial charge in [0.05, 0.1) is 5.56 Å². The molecule has 2 atom stereocenters. The van der Waals surface area contributed by atoms with Gasteiger partial charge in [0.2, 0.25) is 0 Å². The highest BCUT2D eigenvalue weighted by Crippen LogP contribution is 2.32. The number of rotatable bonds is 4. The fourth-order valence-electron chi connectivity index (χ4n) is 2.71. The Morgan fingerprint density at radius 1 is 1.42 bits per heavy atom. The van der Waals surface area contributed by atoms with Crippen molar-refractivity contribution in [1.82, 2.24) is 5.32 Å². The van der Waals surface area contributed by atoms with Crippen LogP contribution < -0.4 is 5.32 Å². The van der Waals surface area contributed by atoms with Gasteiger partial charge in [0.25, 0.3) is 5.91 Å². The highest BCUT2D eigenvalue weighted by molar-refractivity contribution is 9.09. The molecule has 0 aromatic heterocycles. The van der Waals surface area contributed by atoms with Gasteiger partial charge in [0.15, 0.2) is 0 Å². The Morgan fingerprint density at radius 3 is 2.84 bits per heavy atom. The minimum Gasteiger partial charge on any atom is -0.352 e. The molecule has 2 nitrogen and oxygen atoms in total. The van der Waals surface area contributed by atoms with E-state index in [4.69, 9.17) is 0 Å². The highest BCUT2D eigenvalue weighted by atomic mass is 79.9. The SMILES string of the molecule is Cc1ccc(C(=O)NCC2CCCC2CBr)c(F)c1. The van der Waals surface area contributed by atoms with Crippen molar-refractivity contribution in [3.63, 3.8) is 0 Å². The second kappa shape index (κ2) is 6.51. The number of amides is 1. The molecule has 0 radical (unpaired) electrons. The lowest BCUT2D eigenvalue weighted by atomic mass is 9.98. The summed E-state index contributed by atoms with van der Waals surface area (Å²) in [5.41, 5.74) is 0.961. The van der Waals surface area contributed by atoms with Gasteiger partial charge in [-0.2, -0.15) is 0 Å². The second-order valence-corrected chi connectivity index (χ2v) is 5.95. The largest absolute Gasteiger partial charge is 0.352 e. The van der Waals surface area contributed by atoms with E-state index in [1.807, 2.05) is 6.92 Å². The number of hydrogen-bond donors (Lipinski definition) is 1. The average Bonchev–Trinajstić information content (AvgIpc) is 2.83. The molecule has 0 saturated heterocycles. The van der Waals surface area contributed by atoms with E-state index in [0.717, 1.165) is 17.3 Å². The van der Waals surface area contributed by atoms with Crippen LogP contribution in [0.3, 0.4) is 0 Å². The summed E-state index contributed by atoms with van der Waals surface area (Å²) in [7, 11) is 0. The molecule has 2 unspecified atom stereocenters. The Kier molecular flexibility index (Phi) is 4.97. The van der Waals surface area contributed by atoms with E-state index in [-0.39, 0.29) is 11.5 Å². The monoisotopic (exact) mass is 327 g/mol. The van der Waals surface area contributed by atoms with Crippen LogP contribution >= 0.6 is 15.9 Å². The molecule has 0 spiro atoms. The zero-order valence-electron chi connectivity index (χ0n) is 11.1. The number of aryl methyl sites for hydroxylation is 1. The number of nitrogens with one attached hydrogen (secondary N) is 1. The number of halogens is 2. The van der Waals surface area contributed by atoms with E-state index >= 15 is 0 Å². The van der Waals surface area contributed by atoms with Crippen molar-refractivity contribution in [2.24, 2.45) is 11.8 Å². The summed E-state index contributed by atoms with van der Waals surface area (Å²) in [5, 5.41) is 3.84. The zero-order valence-corrected chi connectivity index (χ0v) is 12.7. The van der Waals surface area contributed by atoms with Crippen molar-refractivity contribution in [3.8, 4) is 0 Å². The standard InChI is InChI=1S/C15H19BrFNO/c1-10-5-6-13(14(17)7-10)15(19)18-9-12-4-2-3-11(12)8-16/h5-7,11-12H,2-4,8-9H2,1H3,(H,18,19). The van der Waals surface area contributed by atoms with Gasteiger partial charge in [-0.25, -0.2) is 4.39 Å². The predicted octanol–water partition coefficient (Wildman–Crippen LogP) is 3.68. The van der Waals surface area contributed by atoms with Crippen LogP contribution in [-0.4, -0.2) is 17.8 Å². The van der Waals surface area contributed by atoms with Gasteiger partial charge in [-0.05, 0) is 49.3 Å². The molecule has 0 heterocycles. The lowest BCUT2D eigenvalue weighted by Gasteiger charge is -2.17. The van der Waals surface area contributed by atoms with Crippen molar-refractivity contribution in [3.05, 3.63) is 35.1 Å². The number of carbonyl (C=O) groups is 1. The van der Waals surface area contributed by atoms with Crippen molar-refractivity contribution < 1.29 is 9.18 Å². The van der Waals surface area contributed by atoms with E-state index in [1.54, 1.807) is 12.1 Å². The summed E-state index contributed by atoms with van der Waals surface area (Å²) in [6, 6.07) is 4.71. The molecule has 1 aromatic rings. The number of carbonyl (C=O) groups excluding carboxylic acids is 1. The molecule has 0 aliphatic heterocycles. The van der Waals surface area contributed by atoms with E-state index in [2.05, 4.69) is 21.2 Å². The lowest BCUT2D eigenvalue weighted by molar-refractivity contribution is 0.0941. The molecule has 1 saturated carbocycles. The molecule has 1 aliphatic rings. The highest BCUT2D eigenvalue weighted by Gasteiger charge is 2.26. The first kappa shape index (κ1) is 14.5. The van der Waals surface area contributed by atoms with Gasteiger partial charge in [0, 0.05) is 11.9 Å². The van der Waals surface area contributed by atoms with Gasteiger partial charge < -0.3 is 5.32 Å². The van der Waals surface area contributed by atoms with Gasteiger partial charge in [-0.3, -0.25) is 4.79 Å². The maximum atomic E-state index is 13.7. The number of benzene rings is 1. The summed E-state index contributed by atoms with van der Waals surface area (Å²) < 4.78 is 13.7. The third-order valence-electron chi connectivity index (χ3n) is 3.91. The summed E-state index contributed by atoms with van der Waals surface area (Å²) in [6.45, 7) is 2.45. The Morgan fingerprint density at radius 2 is 2.16 bits per heavy atom. The van der Waals surface area contributed by atoms with Gasteiger partial charge >= 0.3 is 0 Å². The molecule has 4 heteroatoms. The minimum atomic E-state index is -0.444. The van der Waals surface area contributed by atoms with Crippen LogP contribution in [0.15, 0.2) is 18.2 Å². The molecular formula is C15H19BrFNO. The number of alkyl halides is 1. The Hall–Kier alpha value is -0.900. The second-order valence-electron chi connectivity index (χ2n) is 5.30. The summed E-state index contributed by atoms with van der Waals surface area (Å²) in [4.78, 5) is 12.0. The molecule has 1 aromatic carbocycles. The molecule has 1 amide bonds. The molecule has 19 heavy (non-hydrogen) atoms. The Balaban J connectivity index is 1.94. The fraction of sp³-hybridized carbons (Fsp3) is 0.533. The van der Waals surface area contributed by atoms with Crippen molar-refractivity contribution in [2.45, 2.75) is 26.2 Å². The lowest BCUT2D eigenvalue weighted by Crippen LogP contribution is -2.31. The minimum absolute atomic E-state index is 0.138. The van der Waals surface area contributed by atoms with Gasteiger partial charge in [0.1, 0.15) is 5.82 Å². The molecule has 1 fully saturated rings. The summed E-state index contributed by atoms with van der Waals surface area (Å²) in [5.74, 6) is 0.388. The van der Waals surface area contributed by atoms with Crippen molar-refractivity contribution in [2.75, 3.05) is 11.9 Å². The maximum absolute atomic E-state index is 13.7. The normalized spacial score (nSPS) is 22.5. The third kappa shape index (κ3) is 3.56. The van der Waals surface area contributed by atoms with Gasteiger partial charge in [-0.15, -0.1) is 0 Å². The maximum Gasteiger partial charge on any atom is 0.254 e. The van der Waals surface area contributed by atoms with Crippen LogP contribution in [-0.2, 0) is 0 Å². The van der Waals surface area contributed by atoms with Crippen molar-refractivity contribution in [1.29, 1.82) is 0 Å². The van der Waals surface area contributed by atoms with E-state index < -0.39 is 5.82 Å². The van der Waals surface area contributed by atoms with Crippen LogP contribution in [0.25, 0.3) is 0 Å². The number of hydrogen-bond acceptors (Lipinski definition) is 1.